The Morgan fingerprint density at radius 3 is 2.54 bits per heavy atom. The van der Waals surface area contributed by atoms with Gasteiger partial charge in [0.15, 0.2) is 11.2 Å². The quantitative estimate of drug-likeness (QED) is 0.223. The Morgan fingerprint density at radius 2 is 1.78 bits per heavy atom. The van der Waals surface area contributed by atoms with E-state index in [0.717, 1.165) is 16.6 Å². The van der Waals surface area contributed by atoms with Crippen LogP contribution in [0.15, 0.2) is 69.3 Å². The van der Waals surface area contributed by atoms with Gasteiger partial charge in [0.05, 0.1) is 6.21 Å². The van der Waals surface area contributed by atoms with Crippen LogP contribution in [0.1, 0.15) is 24.0 Å². The number of rotatable bonds is 10. The van der Waals surface area contributed by atoms with Gasteiger partial charge in [-0.1, -0.05) is 42.5 Å². The molecule has 3 N–H and O–H groups in total. The number of aryl methyl sites for hydroxylation is 2. The first-order valence-electron chi connectivity index (χ1n) is 11.9. The van der Waals surface area contributed by atoms with Crippen LogP contribution >= 0.6 is 0 Å². The van der Waals surface area contributed by atoms with Crippen LogP contribution in [0.5, 0.6) is 5.75 Å². The second kappa shape index (κ2) is 11.4. The molecule has 2 aromatic heterocycles. The molecule has 4 aromatic rings. The van der Waals surface area contributed by atoms with E-state index in [1.165, 1.54) is 23.9 Å². The Labute approximate surface area is 212 Å². The fourth-order valence-corrected chi connectivity index (χ4v) is 3.99. The average Bonchev–Trinajstić information content (AvgIpc) is 3.26. The number of benzene rings is 2. The zero-order valence-electron chi connectivity index (χ0n) is 20.7. The smallest absolute Gasteiger partial charge is 0.332 e. The van der Waals surface area contributed by atoms with E-state index in [2.05, 4.69) is 20.8 Å². The minimum absolute atomic E-state index is 0.0655. The van der Waals surface area contributed by atoms with E-state index in [9.17, 15) is 19.5 Å². The summed E-state index contributed by atoms with van der Waals surface area (Å²) < 4.78 is 4.12. The van der Waals surface area contributed by atoms with Crippen molar-refractivity contribution < 1.29 is 9.90 Å². The Morgan fingerprint density at radius 1 is 1.05 bits per heavy atom. The van der Waals surface area contributed by atoms with Crippen molar-refractivity contribution in [1.82, 2.24) is 24.1 Å². The van der Waals surface area contributed by atoms with E-state index in [1.807, 2.05) is 30.3 Å². The van der Waals surface area contributed by atoms with E-state index in [-0.39, 0.29) is 23.7 Å². The molecule has 0 bridgehead atoms. The van der Waals surface area contributed by atoms with Gasteiger partial charge in [-0.25, -0.2) is 10.2 Å². The molecule has 192 valence electrons. The summed E-state index contributed by atoms with van der Waals surface area (Å²) in [7, 11) is 3.01. The topological polar surface area (TPSA) is 136 Å². The van der Waals surface area contributed by atoms with Gasteiger partial charge in [0.25, 0.3) is 5.56 Å². The van der Waals surface area contributed by atoms with E-state index in [1.54, 1.807) is 29.8 Å². The Balaban J connectivity index is 1.48. The largest absolute Gasteiger partial charge is 0.507 e. The number of phenols is 1. The highest BCUT2D eigenvalue weighted by molar-refractivity contribution is 5.85. The minimum Gasteiger partial charge on any atom is -0.507 e. The second-order valence-electron chi connectivity index (χ2n) is 8.58. The molecule has 11 nitrogen and oxygen atoms in total. The standard InChI is InChI=1S/C26H29N7O4/c1-31-23-22(24(36)32(2)26(31)37)33(25(29-23)27-15-14-18-9-4-3-5-10-18)16-8-13-21(35)30-28-17-19-11-6-7-12-20(19)34/h3-7,9-12,17,34H,8,13-16H2,1-2H3,(H,27,29)(H,30,35)/b28-17+. The van der Waals surface area contributed by atoms with Gasteiger partial charge in [-0.15, -0.1) is 0 Å². The number of hydrogen-bond acceptors (Lipinski definition) is 7. The highest BCUT2D eigenvalue weighted by Gasteiger charge is 2.19. The van der Waals surface area contributed by atoms with Crippen molar-refractivity contribution in [2.45, 2.75) is 25.8 Å². The lowest BCUT2D eigenvalue weighted by Gasteiger charge is -2.11. The number of carbonyl (C=O) groups excluding carboxylic acids is 1. The molecule has 0 saturated heterocycles. The van der Waals surface area contributed by atoms with Crippen LogP contribution in [0.3, 0.4) is 0 Å². The number of nitrogens with zero attached hydrogens (tertiary/aromatic N) is 5. The molecule has 2 aromatic carbocycles. The Kier molecular flexibility index (Phi) is 7.82. The van der Waals surface area contributed by atoms with Crippen LogP contribution < -0.4 is 22.0 Å². The van der Waals surface area contributed by atoms with Crippen molar-refractivity contribution in [2.75, 3.05) is 11.9 Å². The molecule has 0 spiro atoms. The fourth-order valence-electron chi connectivity index (χ4n) is 3.99. The number of carbonyl (C=O) groups is 1. The highest BCUT2D eigenvalue weighted by Crippen LogP contribution is 2.17. The normalized spacial score (nSPS) is 11.3. The van der Waals surface area contributed by atoms with Crippen LogP contribution in [-0.2, 0) is 31.9 Å². The van der Waals surface area contributed by atoms with Gasteiger partial charge >= 0.3 is 5.69 Å². The first-order valence-corrected chi connectivity index (χ1v) is 11.9. The van der Waals surface area contributed by atoms with Crippen LogP contribution in [0.25, 0.3) is 11.2 Å². The van der Waals surface area contributed by atoms with E-state index in [0.29, 0.717) is 36.5 Å². The van der Waals surface area contributed by atoms with Crippen molar-refractivity contribution in [3.8, 4) is 5.75 Å². The third-order valence-corrected chi connectivity index (χ3v) is 6.00. The van der Waals surface area contributed by atoms with Gasteiger partial charge in [0.2, 0.25) is 11.9 Å². The van der Waals surface area contributed by atoms with Crippen molar-refractivity contribution in [3.63, 3.8) is 0 Å². The van der Waals surface area contributed by atoms with Crippen LogP contribution in [-0.4, -0.2) is 42.5 Å². The molecule has 11 heteroatoms. The van der Waals surface area contributed by atoms with Crippen molar-refractivity contribution in [2.24, 2.45) is 19.2 Å². The summed E-state index contributed by atoms with van der Waals surface area (Å²) in [6.45, 7) is 0.900. The molecular weight excluding hydrogens is 474 g/mol. The van der Waals surface area contributed by atoms with Gasteiger partial charge in [-0.05, 0) is 30.5 Å². The number of imidazole rings is 1. The molecule has 1 amide bonds. The monoisotopic (exact) mass is 503 g/mol. The summed E-state index contributed by atoms with van der Waals surface area (Å²) in [5.41, 5.74) is 3.76. The summed E-state index contributed by atoms with van der Waals surface area (Å²) in [6.07, 6.45) is 2.67. The van der Waals surface area contributed by atoms with E-state index >= 15 is 0 Å². The molecule has 0 aliphatic carbocycles. The van der Waals surface area contributed by atoms with Gasteiger partial charge in [-0.3, -0.25) is 18.7 Å². The third kappa shape index (κ3) is 5.77. The number of nitrogens with one attached hydrogen (secondary N) is 2. The van der Waals surface area contributed by atoms with Gasteiger partial charge in [0.1, 0.15) is 5.75 Å². The maximum atomic E-state index is 13.0. The molecule has 2 heterocycles. The third-order valence-electron chi connectivity index (χ3n) is 6.00. The predicted octanol–water partition coefficient (Wildman–Crippen LogP) is 1.72. The first-order chi connectivity index (χ1) is 17.9. The fraction of sp³-hybridized carbons (Fsp3) is 0.269. The summed E-state index contributed by atoms with van der Waals surface area (Å²) in [5.74, 6) is 0.216. The number of phenolic OH excluding ortho intramolecular Hbond substituents is 1. The number of anilines is 1. The zero-order chi connectivity index (χ0) is 26.4. The molecule has 0 saturated carbocycles. The Bertz CT molecular complexity index is 1550. The van der Waals surface area contributed by atoms with Crippen LogP contribution in [0.4, 0.5) is 5.95 Å². The molecule has 0 atom stereocenters. The van der Waals surface area contributed by atoms with Crippen LogP contribution in [0.2, 0.25) is 0 Å². The van der Waals surface area contributed by atoms with Crippen molar-refractivity contribution in [3.05, 3.63) is 86.6 Å². The molecule has 37 heavy (non-hydrogen) atoms. The second-order valence-corrected chi connectivity index (χ2v) is 8.58. The number of hydrazone groups is 1. The summed E-state index contributed by atoms with van der Waals surface area (Å²) >= 11 is 0. The molecule has 0 fully saturated rings. The molecular formula is C26H29N7O4. The maximum absolute atomic E-state index is 13.0. The predicted molar refractivity (Wildman–Crippen MR) is 142 cm³/mol. The lowest BCUT2D eigenvalue weighted by Crippen LogP contribution is -2.37. The summed E-state index contributed by atoms with van der Waals surface area (Å²) in [5, 5.41) is 16.9. The molecule has 0 aliphatic heterocycles. The molecule has 0 radical (unpaired) electrons. The lowest BCUT2D eigenvalue weighted by molar-refractivity contribution is -0.121. The summed E-state index contributed by atoms with van der Waals surface area (Å²) in [4.78, 5) is 42.3. The maximum Gasteiger partial charge on any atom is 0.332 e. The molecule has 0 aliphatic rings. The average molecular weight is 504 g/mol. The number of aromatic hydroxyl groups is 1. The van der Waals surface area contributed by atoms with Crippen molar-refractivity contribution >= 4 is 29.2 Å². The minimum atomic E-state index is -0.459. The molecule has 0 unspecified atom stereocenters. The van der Waals surface area contributed by atoms with E-state index in [4.69, 9.17) is 0 Å². The SMILES string of the molecule is Cn1c(=O)c2c(nc(NCCc3ccccc3)n2CCCC(=O)N/N=C/c2ccccc2O)n(C)c1=O. The van der Waals surface area contributed by atoms with Gasteiger partial charge in [0, 0.05) is 39.2 Å². The zero-order valence-corrected chi connectivity index (χ0v) is 20.7. The van der Waals surface area contributed by atoms with Crippen LogP contribution in [0, 0.1) is 0 Å². The number of aromatic nitrogens is 4. The number of fused-ring (bicyclic) bond motifs is 1. The number of para-hydroxylation sites is 1. The lowest BCUT2D eigenvalue weighted by atomic mass is 10.1. The van der Waals surface area contributed by atoms with Gasteiger partial charge in [-0.2, -0.15) is 10.1 Å². The van der Waals surface area contributed by atoms with E-state index < -0.39 is 11.2 Å². The highest BCUT2D eigenvalue weighted by atomic mass is 16.3. The summed E-state index contributed by atoms with van der Waals surface area (Å²) in [6, 6.07) is 16.6. The number of hydrogen-bond donors (Lipinski definition) is 3. The first kappa shape index (κ1) is 25.4. The van der Waals surface area contributed by atoms with Crippen molar-refractivity contribution in [1.29, 1.82) is 0 Å². The molecule has 4 rings (SSSR count). The van der Waals surface area contributed by atoms with Gasteiger partial charge < -0.3 is 15.0 Å². The Hall–Kier alpha value is -4.67. The number of amides is 1.